The molecule has 326 valence electrons. The third-order valence-corrected chi connectivity index (χ3v) is 12.0. The molecule has 3 saturated heterocycles. The van der Waals surface area contributed by atoms with Gasteiger partial charge in [0.15, 0.2) is 18.2 Å². The van der Waals surface area contributed by atoms with Crippen LogP contribution >= 0.6 is 11.6 Å². The summed E-state index contributed by atoms with van der Waals surface area (Å²) in [5.74, 6) is -1.32. The number of halogens is 1. The molecule has 1 unspecified atom stereocenters. The summed E-state index contributed by atoms with van der Waals surface area (Å²) in [6, 6.07) is 10.8. The van der Waals surface area contributed by atoms with E-state index in [1.54, 1.807) is 35.0 Å². The minimum Gasteiger partial charge on any atom is -0.491 e. The molecule has 3 N–H and O–H groups in total. The van der Waals surface area contributed by atoms with Gasteiger partial charge in [-0.1, -0.05) is 17.7 Å². The summed E-state index contributed by atoms with van der Waals surface area (Å²) in [5.41, 5.74) is 1.37. The van der Waals surface area contributed by atoms with Crippen LogP contribution in [0.3, 0.4) is 0 Å². The molecule has 4 aliphatic heterocycles. The van der Waals surface area contributed by atoms with E-state index in [-0.39, 0.29) is 84.4 Å². The molecule has 5 amide bonds. The number of likely N-dealkylation sites (tertiary alicyclic amines) is 1. The molecule has 3 fully saturated rings. The molecule has 2 aromatic heterocycles. The summed E-state index contributed by atoms with van der Waals surface area (Å²) in [4.78, 5) is 90.6. The topological polar surface area (TPSA) is 207 Å². The first-order valence-electron chi connectivity index (χ1n) is 20.7. The van der Waals surface area contributed by atoms with Crippen LogP contribution in [-0.2, 0) is 19.1 Å². The number of ether oxygens (including phenoxy) is 3. The van der Waals surface area contributed by atoms with Crippen molar-refractivity contribution in [2.24, 2.45) is 0 Å². The highest BCUT2D eigenvalue weighted by Crippen LogP contribution is 2.35. The molecular formula is C43H48ClN9O9. The maximum atomic E-state index is 13.5. The molecule has 4 aromatic rings. The maximum Gasteiger partial charge on any atom is 0.293 e. The molecule has 4 aliphatic rings. The molecule has 62 heavy (non-hydrogen) atoms. The Morgan fingerprint density at radius 1 is 0.984 bits per heavy atom. The number of hydrogen-bond donors (Lipinski definition) is 3. The zero-order valence-corrected chi connectivity index (χ0v) is 35.6. The van der Waals surface area contributed by atoms with Gasteiger partial charge in [-0.3, -0.25) is 43.9 Å². The summed E-state index contributed by atoms with van der Waals surface area (Å²) in [5, 5.41) is 9.08. The predicted molar refractivity (Wildman–Crippen MR) is 228 cm³/mol. The number of imide groups is 2. The van der Waals surface area contributed by atoms with Gasteiger partial charge in [0.05, 0.1) is 35.0 Å². The molecule has 0 saturated carbocycles. The van der Waals surface area contributed by atoms with Crippen LogP contribution < -0.4 is 35.9 Å². The van der Waals surface area contributed by atoms with Gasteiger partial charge in [-0.2, -0.15) is 4.98 Å². The lowest BCUT2D eigenvalue weighted by Gasteiger charge is -2.33. The molecule has 3 atom stereocenters. The molecule has 6 heterocycles. The third-order valence-electron chi connectivity index (χ3n) is 11.8. The van der Waals surface area contributed by atoms with Crippen molar-refractivity contribution < 1.29 is 38.2 Å². The van der Waals surface area contributed by atoms with Gasteiger partial charge in [-0.15, -0.1) is 0 Å². The SMILES string of the molecule is CNC(=O)COc1cc2cc(Nc3nc(N4CCC(O[C@H]5C[C@H](COc6cccc7c6C(=O)N(C6CCC(=O)NC6=O)C7=O)N(C)C5)CC4)ncc3Cl)ccc2n(C(C)C)c1=O. The van der Waals surface area contributed by atoms with Crippen LogP contribution in [0.2, 0.25) is 5.02 Å². The van der Waals surface area contributed by atoms with Crippen LogP contribution in [0.5, 0.6) is 11.5 Å². The van der Waals surface area contributed by atoms with Crippen LogP contribution in [0.4, 0.5) is 17.5 Å². The second-order valence-electron chi connectivity index (χ2n) is 16.2. The lowest BCUT2D eigenvalue weighted by atomic mass is 10.0. The van der Waals surface area contributed by atoms with E-state index in [1.165, 1.54) is 7.05 Å². The van der Waals surface area contributed by atoms with Gasteiger partial charge in [0.1, 0.15) is 23.4 Å². The van der Waals surface area contributed by atoms with Crippen molar-refractivity contribution in [3.8, 4) is 11.5 Å². The Hall–Kier alpha value is -6.11. The van der Waals surface area contributed by atoms with Gasteiger partial charge in [0.25, 0.3) is 23.3 Å². The van der Waals surface area contributed by atoms with Gasteiger partial charge in [-0.25, -0.2) is 4.98 Å². The predicted octanol–water partition coefficient (Wildman–Crippen LogP) is 3.43. The molecule has 0 aliphatic carbocycles. The largest absolute Gasteiger partial charge is 0.491 e. The second kappa shape index (κ2) is 17.7. The second-order valence-corrected chi connectivity index (χ2v) is 16.6. The van der Waals surface area contributed by atoms with Crippen molar-refractivity contribution in [1.29, 1.82) is 0 Å². The Kier molecular flexibility index (Phi) is 12.2. The van der Waals surface area contributed by atoms with Gasteiger partial charge >= 0.3 is 0 Å². The van der Waals surface area contributed by atoms with E-state index in [1.807, 2.05) is 39.1 Å². The Bertz CT molecular complexity index is 2510. The lowest BCUT2D eigenvalue weighted by Crippen LogP contribution is -2.54. The summed E-state index contributed by atoms with van der Waals surface area (Å²) in [7, 11) is 3.50. The average Bonchev–Trinajstić information content (AvgIpc) is 3.73. The Balaban J connectivity index is 0.859. The zero-order chi connectivity index (χ0) is 43.8. The highest BCUT2D eigenvalue weighted by molar-refractivity contribution is 6.33. The molecule has 2 aromatic carbocycles. The number of piperidine rings is 2. The van der Waals surface area contributed by atoms with E-state index in [2.05, 4.69) is 30.7 Å². The number of carbonyl (C=O) groups excluding carboxylic acids is 5. The van der Waals surface area contributed by atoms with Gasteiger partial charge in [0.2, 0.25) is 17.8 Å². The molecule has 0 radical (unpaired) electrons. The average molecular weight is 870 g/mol. The maximum absolute atomic E-state index is 13.5. The summed E-state index contributed by atoms with van der Waals surface area (Å²) >= 11 is 6.59. The van der Waals surface area contributed by atoms with E-state index < -0.39 is 29.7 Å². The number of pyridine rings is 1. The Morgan fingerprint density at radius 2 is 1.77 bits per heavy atom. The number of fused-ring (bicyclic) bond motifs is 2. The van der Waals surface area contributed by atoms with Crippen molar-refractivity contribution in [3.05, 3.63) is 75.2 Å². The van der Waals surface area contributed by atoms with Crippen molar-refractivity contribution >= 4 is 69.5 Å². The van der Waals surface area contributed by atoms with E-state index >= 15 is 0 Å². The van der Waals surface area contributed by atoms with Crippen LogP contribution in [-0.4, -0.2) is 125 Å². The fourth-order valence-electron chi connectivity index (χ4n) is 8.54. The number of hydrogen-bond acceptors (Lipinski definition) is 14. The van der Waals surface area contributed by atoms with Gasteiger partial charge < -0.3 is 34.3 Å². The molecular weight excluding hydrogens is 822 g/mol. The molecule has 18 nitrogen and oxygen atoms in total. The first kappa shape index (κ1) is 42.6. The van der Waals surface area contributed by atoms with Crippen LogP contribution in [0, 0.1) is 0 Å². The monoisotopic (exact) mass is 869 g/mol. The summed E-state index contributed by atoms with van der Waals surface area (Å²) < 4.78 is 20.0. The van der Waals surface area contributed by atoms with E-state index in [0.29, 0.717) is 54.0 Å². The summed E-state index contributed by atoms with van der Waals surface area (Å²) in [6.45, 7) is 5.84. The fourth-order valence-corrected chi connectivity index (χ4v) is 8.68. The number of anilines is 3. The quantitative estimate of drug-likeness (QED) is 0.165. The minimum absolute atomic E-state index is 0.00467. The minimum atomic E-state index is -1.05. The van der Waals surface area contributed by atoms with Crippen molar-refractivity contribution in [2.45, 2.75) is 76.3 Å². The lowest BCUT2D eigenvalue weighted by molar-refractivity contribution is -0.136. The molecule has 8 rings (SSSR count). The standard InChI is InChI=1S/C43H48ClN9O9/c1-23(2)52-31-9-8-25(16-24(31)17-34(41(52)58)61-22-36(55)45-3)47-38-30(44)19-46-43(49-38)51-14-12-27(13-15-51)62-28-18-26(50(4)20-28)21-60-33-7-5-6-29-37(33)42(59)53(40(29)57)32-10-11-35(54)48-39(32)56/h5-9,16-17,19,23,26-28,32H,10-15,18,20-22H2,1-4H3,(H,45,55)(H,46,47,49)(H,48,54,56)/t26-,28+,32?/m1/s1. The smallest absolute Gasteiger partial charge is 0.293 e. The molecule has 0 spiro atoms. The number of amides is 5. The van der Waals surface area contributed by atoms with Gasteiger partial charge in [-0.05, 0) is 83.0 Å². The van der Waals surface area contributed by atoms with Crippen LogP contribution in [0.15, 0.2) is 53.5 Å². The van der Waals surface area contributed by atoms with E-state index in [4.69, 9.17) is 30.8 Å². The van der Waals surface area contributed by atoms with Gasteiger partial charge in [0, 0.05) is 56.3 Å². The van der Waals surface area contributed by atoms with E-state index in [9.17, 15) is 28.8 Å². The number of rotatable bonds is 13. The first-order valence-corrected chi connectivity index (χ1v) is 21.1. The van der Waals surface area contributed by atoms with Crippen LogP contribution in [0.1, 0.15) is 72.7 Å². The highest BCUT2D eigenvalue weighted by atomic mass is 35.5. The number of benzene rings is 2. The van der Waals surface area contributed by atoms with Crippen molar-refractivity contribution in [3.63, 3.8) is 0 Å². The number of aromatic nitrogens is 3. The number of likely N-dealkylation sites (N-methyl/N-ethyl adjacent to an activating group) is 2. The highest BCUT2D eigenvalue weighted by Gasteiger charge is 2.46. The normalized spacial score (nSPS) is 20.8. The first-order chi connectivity index (χ1) is 29.8. The van der Waals surface area contributed by atoms with Crippen LogP contribution in [0.25, 0.3) is 10.9 Å². The van der Waals surface area contributed by atoms with Crippen molar-refractivity contribution in [1.82, 2.24) is 35.0 Å². The third kappa shape index (κ3) is 8.54. The Labute approximate surface area is 361 Å². The number of nitrogens with one attached hydrogen (secondary N) is 3. The van der Waals surface area contributed by atoms with E-state index in [0.717, 1.165) is 23.1 Å². The number of nitrogens with zero attached hydrogens (tertiary/aromatic N) is 6. The molecule has 19 heteroatoms. The fraction of sp³-hybridized carbons (Fsp3) is 0.442. The summed E-state index contributed by atoms with van der Waals surface area (Å²) in [6.07, 6.45) is 3.92. The number of carbonyl (C=O) groups is 5. The molecule has 0 bridgehead atoms. The Morgan fingerprint density at radius 3 is 2.52 bits per heavy atom. The van der Waals surface area contributed by atoms with Crippen molar-refractivity contribution in [2.75, 3.05) is 57.2 Å². The zero-order valence-electron chi connectivity index (χ0n) is 34.8.